The van der Waals surface area contributed by atoms with Gasteiger partial charge in [0.15, 0.2) is 17.5 Å². The Balaban J connectivity index is 1.59. The average Bonchev–Trinajstić information content (AvgIpc) is 3.52. The molecule has 5 rings (SSSR count). The summed E-state index contributed by atoms with van der Waals surface area (Å²) in [4.78, 5) is 21.7. The van der Waals surface area contributed by atoms with Crippen LogP contribution in [-0.2, 0) is 13.5 Å². The number of hydrogen-bond acceptors (Lipinski definition) is 5. The SMILES string of the molecule is CCC1Cc2c(nn(C)c2-c2cc(F)c(F)c(F)c2)C(CC)N1C(=O)c1cc(-n2nccn2)cc(C)n1. The highest BCUT2D eigenvalue weighted by Gasteiger charge is 2.40. The van der Waals surface area contributed by atoms with Crippen molar-refractivity contribution in [1.82, 2.24) is 34.7 Å². The molecule has 1 aliphatic heterocycles. The lowest BCUT2D eigenvalue weighted by molar-refractivity contribution is 0.0506. The van der Waals surface area contributed by atoms with Crippen molar-refractivity contribution in [2.24, 2.45) is 7.05 Å². The highest BCUT2D eigenvalue weighted by Crippen LogP contribution is 2.41. The third kappa shape index (κ3) is 4.17. The third-order valence-corrected chi connectivity index (χ3v) is 6.82. The van der Waals surface area contributed by atoms with Crippen molar-refractivity contribution >= 4 is 5.91 Å². The van der Waals surface area contributed by atoms with Crippen LogP contribution in [0, 0.1) is 24.4 Å². The van der Waals surface area contributed by atoms with Gasteiger partial charge < -0.3 is 4.90 Å². The summed E-state index contributed by atoms with van der Waals surface area (Å²) < 4.78 is 43.4. The quantitative estimate of drug-likeness (QED) is 0.364. The van der Waals surface area contributed by atoms with E-state index in [1.807, 2.05) is 18.7 Å². The van der Waals surface area contributed by atoms with E-state index in [2.05, 4.69) is 20.3 Å². The van der Waals surface area contributed by atoms with Gasteiger partial charge in [0.2, 0.25) is 0 Å². The maximum Gasteiger partial charge on any atom is 0.273 e. The zero-order valence-electron chi connectivity index (χ0n) is 20.9. The average molecular weight is 510 g/mol. The van der Waals surface area contributed by atoms with E-state index in [0.717, 1.165) is 17.7 Å². The highest BCUT2D eigenvalue weighted by atomic mass is 19.2. The van der Waals surface area contributed by atoms with Crippen LogP contribution < -0.4 is 0 Å². The van der Waals surface area contributed by atoms with Gasteiger partial charge in [0, 0.05) is 29.9 Å². The van der Waals surface area contributed by atoms with Crippen molar-refractivity contribution in [2.45, 2.75) is 52.1 Å². The molecule has 2 atom stereocenters. The normalized spacial score (nSPS) is 17.2. The predicted molar refractivity (Wildman–Crippen MR) is 129 cm³/mol. The molecule has 0 saturated carbocycles. The lowest BCUT2D eigenvalue weighted by atomic mass is 9.87. The van der Waals surface area contributed by atoms with E-state index < -0.39 is 17.5 Å². The van der Waals surface area contributed by atoms with E-state index in [-0.39, 0.29) is 29.2 Å². The fourth-order valence-corrected chi connectivity index (χ4v) is 5.23. The van der Waals surface area contributed by atoms with Crippen molar-refractivity contribution in [3.63, 3.8) is 0 Å². The molecule has 2 unspecified atom stereocenters. The summed E-state index contributed by atoms with van der Waals surface area (Å²) in [5.74, 6) is -4.27. The summed E-state index contributed by atoms with van der Waals surface area (Å²) in [6.07, 6.45) is 4.75. The number of benzene rings is 1. The monoisotopic (exact) mass is 509 g/mol. The number of carbonyl (C=O) groups excluding carboxylic acids is 1. The van der Waals surface area contributed by atoms with E-state index >= 15 is 0 Å². The molecule has 4 aromatic rings. The van der Waals surface area contributed by atoms with Crippen LogP contribution in [0.25, 0.3) is 16.9 Å². The number of rotatable bonds is 5. The molecule has 1 aliphatic rings. The van der Waals surface area contributed by atoms with Gasteiger partial charge in [0.1, 0.15) is 5.69 Å². The van der Waals surface area contributed by atoms with Crippen molar-refractivity contribution in [1.29, 1.82) is 0 Å². The first-order chi connectivity index (χ1) is 17.7. The summed E-state index contributed by atoms with van der Waals surface area (Å²) in [5, 5.41) is 13.0. The van der Waals surface area contributed by atoms with Crippen LogP contribution in [0.2, 0.25) is 0 Å². The molecule has 0 bridgehead atoms. The molecule has 37 heavy (non-hydrogen) atoms. The number of hydrogen-bond donors (Lipinski definition) is 0. The fourth-order valence-electron chi connectivity index (χ4n) is 5.23. The van der Waals surface area contributed by atoms with Crippen LogP contribution >= 0.6 is 0 Å². The van der Waals surface area contributed by atoms with Crippen LogP contribution in [0.1, 0.15) is 60.2 Å². The smallest absolute Gasteiger partial charge is 0.273 e. The first-order valence-corrected chi connectivity index (χ1v) is 12.1. The number of halogens is 3. The third-order valence-electron chi connectivity index (χ3n) is 6.82. The minimum Gasteiger partial charge on any atom is -0.325 e. The van der Waals surface area contributed by atoms with Crippen molar-refractivity contribution in [3.05, 3.63) is 76.8 Å². The summed E-state index contributed by atoms with van der Waals surface area (Å²) in [6, 6.07) is 4.83. The number of pyridine rings is 1. The van der Waals surface area contributed by atoms with Gasteiger partial charge in [-0.1, -0.05) is 13.8 Å². The van der Waals surface area contributed by atoms with Crippen LogP contribution in [-0.4, -0.2) is 46.6 Å². The first kappa shape index (κ1) is 24.7. The van der Waals surface area contributed by atoms with Crippen molar-refractivity contribution in [2.75, 3.05) is 0 Å². The predicted octanol–water partition coefficient (Wildman–Crippen LogP) is 4.72. The molecule has 1 aromatic carbocycles. The van der Waals surface area contributed by atoms with E-state index in [0.29, 0.717) is 42.0 Å². The van der Waals surface area contributed by atoms with E-state index in [4.69, 9.17) is 0 Å². The first-order valence-electron chi connectivity index (χ1n) is 12.1. The number of aryl methyl sites for hydroxylation is 2. The molecule has 0 N–H and O–H groups in total. The second-order valence-corrected chi connectivity index (χ2v) is 9.16. The maximum atomic E-state index is 14.1. The summed E-state index contributed by atoms with van der Waals surface area (Å²) in [5.41, 5.74) is 3.72. The van der Waals surface area contributed by atoms with Crippen LogP contribution in [0.4, 0.5) is 13.2 Å². The molecular weight excluding hydrogens is 483 g/mol. The molecule has 0 spiro atoms. The molecule has 11 heteroatoms. The van der Waals surface area contributed by atoms with Gasteiger partial charge >= 0.3 is 0 Å². The molecule has 3 aromatic heterocycles. The molecule has 192 valence electrons. The highest BCUT2D eigenvalue weighted by molar-refractivity contribution is 5.93. The van der Waals surface area contributed by atoms with Gasteiger partial charge in [0.05, 0.1) is 35.5 Å². The van der Waals surface area contributed by atoms with E-state index in [1.54, 1.807) is 43.2 Å². The minimum absolute atomic E-state index is 0.203. The Hall–Kier alpha value is -4.02. The molecular formula is C26H26F3N7O. The fraction of sp³-hybridized carbons (Fsp3) is 0.346. The standard InChI is InChI=1S/C26H26F3N7O/c1-5-16-12-18-24(33-34(4)25(18)15-10-19(27)23(29)20(28)11-15)22(6-2)35(16)26(37)21-13-17(9-14(3)32-21)36-30-7-8-31-36/h7-11,13,16,22H,5-6,12H2,1-4H3. The number of aromatic nitrogens is 6. The molecule has 8 nitrogen and oxygen atoms in total. The van der Waals surface area contributed by atoms with Gasteiger partial charge in [-0.05, 0) is 50.5 Å². The Morgan fingerprint density at radius 1 is 1.03 bits per heavy atom. The Labute approximate surface area is 211 Å². The second kappa shape index (κ2) is 9.45. The Morgan fingerprint density at radius 2 is 1.70 bits per heavy atom. The summed E-state index contributed by atoms with van der Waals surface area (Å²) in [6.45, 7) is 5.75. The molecule has 4 heterocycles. The number of amides is 1. The topological polar surface area (TPSA) is 81.7 Å². The number of carbonyl (C=O) groups is 1. The number of nitrogens with zero attached hydrogens (tertiary/aromatic N) is 7. The van der Waals surface area contributed by atoms with Crippen LogP contribution in [0.15, 0.2) is 36.7 Å². The molecule has 0 aliphatic carbocycles. The minimum atomic E-state index is -1.51. The maximum absolute atomic E-state index is 14.1. The molecule has 1 amide bonds. The van der Waals surface area contributed by atoms with E-state index in [1.165, 1.54) is 4.80 Å². The van der Waals surface area contributed by atoms with Gasteiger partial charge in [-0.3, -0.25) is 9.48 Å². The largest absolute Gasteiger partial charge is 0.325 e. The van der Waals surface area contributed by atoms with Gasteiger partial charge in [0.25, 0.3) is 5.91 Å². The molecule has 0 saturated heterocycles. The van der Waals surface area contributed by atoms with Crippen LogP contribution in [0.3, 0.4) is 0 Å². The van der Waals surface area contributed by atoms with E-state index in [9.17, 15) is 18.0 Å². The lowest BCUT2D eigenvalue weighted by Crippen LogP contribution is -2.47. The Bertz CT molecular complexity index is 1460. The number of fused-ring (bicyclic) bond motifs is 1. The Morgan fingerprint density at radius 3 is 2.32 bits per heavy atom. The van der Waals surface area contributed by atoms with Crippen molar-refractivity contribution < 1.29 is 18.0 Å². The second-order valence-electron chi connectivity index (χ2n) is 9.16. The summed E-state index contributed by atoms with van der Waals surface area (Å²) in [7, 11) is 1.68. The van der Waals surface area contributed by atoms with Crippen LogP contribution in [0.5, 0.6) is 0 Å². The van der Waals surface area contributed by atoms with Gasteiger partial charge in [-0.15, -0.1) is 0 Å². The Kier molecular flexibility index (Phi) is 6.30. The van der Waals surface area contributed by atoms with Gasteiger partial charge in [-0.2, -0.15) is 20.1 Å². The molecule has 0 fully saturated rings. The molecule has 0 radical (unpaired) electrons. The zero-order valence-corrected chi connectivity index (χ0v) is 20.9. The summed E-state index contributed by atoms with van der Waals surface area (Å²) >= 11 is 0. The van der Waals surface area contributed by atoms with Gasteiger partial charge in [-0.25, -0.2) is 18.2 Å². The lowest BCUT2D eigenvalue weighted by Gasteiger charge is -2.41. The van der Waals surface area contributed by atoms with Crippen molar-refractivity contribution in [3.8, 4) is 16.9 Å². The zero-order chi connectivity index (χ0) is 26.4.